The summed E-state index contributed by atoms with van der Waals surface area (Å²) in [7, 11) is 0. The number of hydrogen-bond acceptors (Lipinski definition) is 2. The Balaban J connectivity index is 1.73. The molecule has 140 valence electrons. The molecule has 1 aliphatic carbocycles. The number of hydrogen-bond donors (Lipinski definition) is 0. The summed E-state index contributed by atoms with van der Waals surface area (Å²) < 4.78 is 0. The minimum absolute atomic E-state index is 0.693. The van der Waals surface area contributed by atoms with Gasteiger partial charge in [-0.15, -0.1) is 0 Å². The molecule has 3 aromatic rings. The second-order valence-corrected chi connectivity index (χ2v) is 6.68. The first-order valence-electron chi connectivity index (χ1n) is 9.72. The van der Waals surface area contributed by atoms with Crippen LogP contribution in [0.3, 0.4) is 0 Å². The SMILES string of the molecule is C=C/C(=C\C=C\c1nc(C2=CCC=CC=C2)c2ccccc2n1)c1ccccc1. The molecule has 4 rings (SSSR count). The van der Waals surface area contributed by atoms with Gasteiger partial charge in [0.1, 0.15) is 0 Å². The van der Waals surface area contributed by atoms with Crippen molar-refractivity contribution in [2.75, 3.05) is 0 Å². The van der Waals surface area contributed by atoms with Crippen LogP contribution in [-0.4, -0.2) is 9.97 Å². The topological polar surface area (TPSA) is 25.8 Å². The third-order valence-electron chi connectivity index (χ3n) is 4.74. The van der Waals surface area contributed by atoms with Crippen LogP contribution in [0.4, 0.5) is 0 Å². The van der Waals surface area contributed by atoms with Crippen LogP contribution in [0.1, 0.15) is 23.5 Å². The molecule has 0 bridgehead atoms. The number of aromatic nitrogens is 2. The largest absolute Gasteiger partial charge is 0.229 e. The van der Waals surface area contributed by atoms with Crippen molar-refractivity contribution in [3.8, 4) is 0 Å². The lowest BCUT2D eigenvalue weighted by Crippen LogP contribution is -1.96. The molecule has 0 amide bonds. The Kier molecular flexibility index (Phi) is 5.73. The Morgan fingerprint density at radius 1 is 0.931 bits per heavy atom. The minimum atomic E-state index is 0.693. The first kappa shape index (κ1) is 18.6. The van der Waals surface area contributed by atoms with Crippen LogP contribution in [0.2, 0.25) is 0 Å². The van der Waals surface area contributed by atoms with E-state index in [1.807, 2.05) is 60.7 Å². The van der Waals surface area contributed by atoms with E-state index in [9.17, 15) is 0 Å². The molecule has 0 fully saturated rings. The molecule has 0 unspecified atom stereocenters. The average molecular weight is 374 g/mol. The Hall–Kier alpha value is -3.78. The van der Waals surface area contributed by atoms with Gasteiger partial charge in [0.2, 0.25) is 0 Å². The Morgan fingerprint density at radius 3 is 2.62 bits per heavy atom. The summed E-state index contributed by atoms with van der Waals surface area (Å²) in [5, 5.41) is 1.06. The fraction of sp³-hybridized carbons (Fsp3) is 0.0370. The van der Waals surface area contributed by atoms with Crippen molar-refractivity contribution in [2.24, 2.45) is 0 Å². The lowest BCUT2D eigenvalue weighted by atomic mass is 10.1. The van der Waals surface area contributed by atoms with Crippen LogP contribution in [0.5, 0.6) is 0 Å². The van der Waals surface area contributed by atoms with E-state index in [4.69, 9.17) is 9.97 Å². The van der Waals surface area contributed by atoms with Gasteiger partial charge in [0.25, 0.3) is 0 Å². The van der Waals surface area contributed by atoms with Crippen LogP contribution in [-0.2, 0) is 0 Å². The van der Waals surface area contributed by atoms with Crippen molar-refractivity contribution in [3.63, 3.8) is 0 Å². The van der Waals surface area contributed by atoms with E-state index in [0.29, 0.717) is 5.82 Å². The lowest BCUT2D eigenvalue weighted by Gasteiger charge is -2.08. The summed E-state index contributed by atoms with van der Waals surface area (Å²) in [5.74, 6) is 0.693. The number of allylic oxidation sites excluding steroid dienone is 10. The molecule has 0 aliphatic heterocycles. The second kappa shape index (κ2) is 8.94. The number of nitrogens with zero attached hydrogens (tertiary/aromatic N) is 2. The van der Waals surface area contributed by atoms with Crippen molar-refractivity contribution in [1.29, 1.82) is 0 Å². The van der Waals surface area contributed by atoms with E-state index < -0.39 is 0 Å². The van der Waals surface area contributed by atoms with Crippen LogP contribution in [0.15, 0.2) is 110 Å². The molecule has 1 aromatic heterocycles. The fourth-order valence-electron chi connectivity index (χ4n) is 3.29. The van der Waals surface area contributed by atoms with E-state index in [2.05, 4.69) is 55.2 Å². The van der Waals surface area contributed by atoms with Gasteiger partial charge < -0.3 is 0 Å². The first-order valence-corrected chi connectivity index (χ1v) is 9.72. The minimum Gasteiger partial charge on any atom is -0.229 e. The quantitative estimate of drug-likeness (QED) is 0.458. The molecule has 0 saturated carbocycles. The molecule has 0 saturated heterocycles. The molecule has 0 atom stereocenters. The highest BCUT2D eigenvalue weighted by molar-refractivity contribution is 5.93. The van der Waals surface area contributed by atoms with Gasteiger partial charge in [-0.05, 0) is 35.3 Å². The van der Waals surface area contributed by atoms with Gasteiger partial charge in [0.05, 0.1) is 11.2 Å². The maximum atomic E-state index is 4.86. The molecular formula is C27H22N2. The number of para-hydroxylation sites is 1. The monoisotopic (exact) mass is 374 g/mol. The van der Waals surface area contributed by atoms with Gasteiger partial charge in [-0.3, -0.25) is 0 Å². The molecular weight excluding hydrogens is 352 g/mol. The predicted molar refractivity (Wildman–Crippen MR) is 124 cm³/mol. The molecule has 0 spiro atoms. The predicted octanol–water partition coefficient (Wildman–Crippen LogP) is 6.81. The Labute approximate surface area is 171 Å². The summed E-state index contributed by atoms with van der Waals surface area (Å²) in [4.78, 5) is 9.59. The van der Waals surface area contributed by atoms with E-state index in [-0.39, 0.29) is 0 Å². The number of benzene rings is 2. The summed E-state index contributed by atoms with van der Waals surface area (Å²) in [6, 6.07) is 18.4. The summed E-state index contributed by atoms with van der Waals surface area (Å²) in [5.41, 5.74) is 5.22. The molecule has 0 N–H and O–H groups in total. The van der Waals surface area contributed by atoms with E-state index in [1.165, 1.54) is 0 Å². The number of fused-ring (bicyclic) bond motifs is 1. The van der Waals surface area contributed by atoms with Crippen molar-refractivity contribution < 1.29 is 0 Å². The molecule has 29 heavy (non-hydrogen) atoms. The third-order valence-corrected chi connectivity index (χ3v) is 4.74. The standard InChI is InChI=1S/C27H22N2/c1-2-21(22-13-8-5-9-14-22)17-12-20-26-28-25-19-11-10-18-24(25)27(29-26)23-15-6-3-4-7-16-23/h2-6,8-20H,1,7H2/b20-12+,21-17+. The van der Waals surface area contributed by atoms with E-state index in [0.717, 1.165) is 39.7 Å². The van der Waals surface area contributed by atoms with E-state index >= 15 is 0 Å². The van der Waals surface area contributed by atoms with Crippen LogP contribution in [0, 0.1) is 0 Å². The average Bonchev–Trinajstić information content (AvgIpc) is 3.06. The highest BCUT2D eigenvalue weighted by Gasteiger charge is 2.09. The highest BCUT2D eigenvalue weighted by atomic mass is 14.9. The molecule has 2 aromatic carbocycles. The van der Waals surface area contributed by atoms with Crippen LogP contribution < -0.4 is 0 Å². The van der Waals surface area contributed by atoms with Crippen molar-refractivity contribution >= 4 is 28.1 Å². The molecule has 2 heteroatoms. The highest BCUT2D eigenvalue weighted by Crippen LogP contribution is 2.25. The lowest BCUT2D eigenvalue weighted by molar-refractivity contribution is 1.16. The fourth-order valence-corrected chi connectivity index (χ4v) is 3.29. The normalized spacial score (nSPS) is 14.2. The smallest absolute Gasteiger partial charge is 0.153 e. The van der Waals surface area contributed by atoms with Crippen molar-refractivity contribution in [3.05, 3.63) is 127 Å². The molecule has 1 heterocycles. The molecule has 2 nitrogen and oxygen atoms in total. The maximum Gasteiger partial charge on any atom is 0.153 e. The van der Waals surface area contributed by atoms with Gasteiger partial charge in [-0.1, -0.05) is 104 Å². The van der Waals surface area contributed by atoms with Crippen LogP contribution >= 0.6 is 0 Å². The van der Waals surface area contributed by atoms with Crippen molar-refractivity contribution in [1.82, 2.24) is 9.97 Å². The van der Waals surface area contributed by atoms with Gasteiger partial charge >= 0.3 is 0 Å². The maximum absolute atomic E-state index is 4.86. The molecule has 0 radical (unpaired) electrons. The zero-order valence-electron chi connectivity index (χ0n) is 16.2. The van der Waals surface area contributed by atoms with Crippen LogP contribution in [0.25, 0.3) is 28.1 Å². The van der Waals surface area contributed by atoms with E-state index in [1.54, 1.807) is 0 Å². The second-order valence-electron chi connectivity index (χ2n) is 6.68. The Morgan fingerprint density at radius 2 is 1.76 bits per heavy atom. The first-order chi connectivity index (χ1) is 14.3. The zero-order chi connectivity index (χ0) is 19.9. The van der Waals surface area contributed by atoms with Gasteiger partial charge in [-0.25, -0.2) is 9.97 Å². The summed E-state index contributed by atoms with van der Waals surface area (Å²) in [6.45, 7) is 3.93. The summed E-state index contributed by atoms with van der Waals surface area (Å²) in [6.07, 6.45) is 19.3. The van der Waals surface area contributed by atoms with Gasteiger partial charge in [0.15, 0.2) is 5.82 Å². The number of rotatable bonds is 5. The van der Waals surface area contributed by atoms with Gasteiger partial charge in [-0.2, -0.15) is 0 Å². The van der Waals surface area contributed by atoms with Crippen molar-refractivity contribution in [2.45, 2.75) is 6.42 Å². The zero-order valence-corrected chi connectivity index (χ0v) is 16.2. The van der Waals surface area contributed by atoms with Gasteiger partial charge in [0, 0.05) is 5.39 Å². The third kappa shape index (κ3) is 4.39. The molecule has 1 aliphatic rings. The Bertz CT molecular complexity index is 1180. The summed E-state index contributed by atoms with van der Waals surface area (Å²) >= 11 is 0.